The summed E-state index contributed by atoms with van der Waals surface area (Å²) in [5, 5.41) is 3.50. The van der Waals surface area contributed by atoms with Gasteiger partial charge in [0.15, 0.2) is 0 Å². The third-order valence-corrected chi connectivity index (χ3v) is 9.45. The van der Waals surface area contributed by atoms with E-state index in [2.05, 4.69) is 5.32 Å². The first kappa shape index (κ1) is 31.8. The van der Waals surface area contributed by atoms with Gasteiger partial charge in [-0.05, 0) is 88.0 Å². The molecule has 3 rings (SSSR count). The van der Waals surface area contributed by atoms with Gasteiger partial charge in [-0.1, -0.05) is 47.0 Å². The summed E-state index contributed by atoms with van der Waals surface area (Å²) < 4.78 is 28.9. The number of amides is 2. The highest BCUT2D eigenvalue weighted by Crippen LogP contribution is 2.27. The summed E-state index contributed by atoms with van der Waals surface area (Å²) in [6.45, 7) is 6.65. The Bertz CT molecular complexity index is 1450. The Labute approximate surface area is 250 Å². The van der Waals surface area contributed by atoms with Gasteiger partial charge in [0.05, 0.1) is 20.6 Å². The molecule has 0 aromatic heterocycles. The number of sulfonamides is 1. The molecule has 3 aromatic rings. The van der Waals surface area contributed by atoms with E-state index in [0.717, 1.165) is 14.8 Å². The Morgan fingerprint density at radius 2 is 1.55 bits per heavy atom. The molecule has 0 heterocycles. The largest absolute Gasteiger partial charge is 0.352 e. The maximum absolute atomic E-state index is 13.9. The Morgan fingerprint density at radius 1 is 0.925 bits per heavy atom. The molecule has 0 unspecified atom stereocenters. The highest BCUT2D eigenvalue weighted by molar-refractivity contribution is 7.98. The van der Waals surface area contributed by atoms with Gasteiger partial charge in [0, 0.05) is 17.5 Å². The summed E-state index contributed by atoms with van der Waals surface area (Å²) in [6, 6.07) is 17.3. The number of halogens is 2. The van der Waals surface area contributed by atoms with E-state index in [1.54, 1.807) is 61.5 Å². The second kappa shape index (κ2) is 13.8. The van der Waals surface area contributed by atoms with Gasteiger partial charge < -0.3 is 10.2 Å². The smallest absolute Gasteiger partial charge is 0.264 e. The molecule has 0 saturated heterocycles. The first-order valence-electron chi connectivity index (χ1n) is 12.6. The van der Waals surface area contributed by atoms with E-state index in [4.69, 9.17) is 23.2 Å². The summed E-state index contributed by atoms with van der Waals surface area (Å²) in [6.07, 6.45) is 1.90. The van der Waals surface area contributed by atoms with Crippen molar-refractivity contribution < 1.29 is 18.0 Å². The van der Waals surface area contributed by atoms with Crippen LogP contribution < -0.4 is 9.62 Å². The van der Waals surface area contributed by atoms with Crippen LogP contribution in [0.25, 0.3) is 0 Å². The fraction of sp³-hybridized carbons (Fsp3) is 0.310. The van der Waals surface area contributed by atoms with E-state index in [0.29, 0.717) is 21.3 Å². The average Bonchev–Trinajstić information content (AvgIpc) is 2.92. The van der Waals surface area contributed by atoms with Crippen molar-refractivity contribution in [1.82, 2.24) is 10.2 Å². The molecule has 0 fully saturated rings. The number of nitrogens with zero attached hydrogens (tertiary/aromatic N) is 2. The zero-order valence-electron chi connectivity index (χ0n) is 23.0. The molecule has 0 aliphatic carbocycles. The number of aryl methyl sites for hydroxylation is 1. The third kappa shape index (κ3) is 7.94. The van der Waals surface area contributed by atoms with E-state index in [1.807, 2.05) is 27.0 Å². The fourth-order valence-corrected chi connectivity index (χ4v) is 6.08. The highest BCUT2D eigenvalue weighted by atomic mass is 35.5. The molecule has 0 radical (unpaired) electrons. The number of hydrogen-bond donors (Lipinski definition) is 1. The van der Waals surface area contributed by atoms with Crippen LogP contribution >= 0.6 is 35.0 Å². The van der Waals surface area contributed by atoms with Gasteiger partial charge in [0.2, 0.25) is 11.8 Å². The van der Waals surface area contributed by atoms with Gasteiger partial charge >= 0.3 is 0 Å². The number of thioether (sulfide) groups is 1. The van der Waals surface area contributed by atoms with Crippen LogP contribution in [-0.4, -0.2) is 50.0 Å². The minimum absolute atomic E-state index is 0.0204. The lowest BCUT2D eigenvalue weighted by molar-refractivity contribution is -0.139. The zero-order valence-corrected chi connectivity index (χ0v) is 26.2. The zero-order chi connectivity index (χ0) is 29.6. The first-order chi connectivity index (χ1) is 18.8. The molecule has 1 atom stereocenters. The molecule has 0 spiro atoms. The maximum atomic E-state index is 13.9. The van der Waals surface area contributed by atoms with Crippen LogP contribution in [0.4, 0.5) is 5.69 Å². The number of benzene rings is 3. The van der Waals surface area contributed by atoms with Crippen molar-refractivity contribution in [3.8, 4) is 0 Å². The first-order valence-corrected chi connectivity index (χ1v) is 16.0. The molecule has 214 valence electrons. The van der Waals surface area contributed by atoms with Gasteiger partial charge in [-0.3, -0.25) is 13.9 Å². The molecule has 0 bridgehead atoms. The van der Waals surface area contributed by atoms with Crippen molar-refractivity contribution in [1.29, 1.82) is 0 Å². The van der Waals surface area contributed by atoms with Gasteiger partial charge in [0.1, 0.15) is 12.6 Å². The molecule has 1 N–H and O–H groups in total. The van der Waals surface area contributed by atoms with Crippen LogP contribution in [0.5, 0.6) is 0 Å². The number of carbonyl (C=O) groups excluding carboxylic acids is 2. The van der Waals surface area contributed by atoms with Crippen molar-refractivity contribution in [2.75, 3.05) is 17.1 Å². The van der Waals surface area contributed by atoms with Gasteiger partial charge in [-0.2, -0.15) is 0 Å². The fourth-order valence-electron chi connectivity index (χ4n) is 3.94. The Balaban J connectivity index is 2.04. The highest BCUT2D eigenvalue weighted by Gasteiger charge is 2.32. The van der Waals surface area contributed by atoms with Crippen LogP contribution in [0.1, 0.15) is 31.9 Å². The minimum Gasteiger partial charge on any atom is -0.352 e. The Hall–Kier alpha value is -2.72. The van der Waals surface area contributed by atoms with Gasteiger partial charge in [-0.25, -0.2) is 8.42 Å². The molecule has 3 aromatic carbocycles. The minimum atomic E-state index is -4.13. The molecular formula is C29H33Cl2N3O4S2. The average molecular weight is 623 g/mol. The second-order valence-electron chi connectivity index (χ2n) is 9.63. The number of rotatable bonds is 11. The molecule has 11 heteroatoms. The number of carbonyl (C=O) groups is 2. The van der Waals surface area contributed by atoms with Crippen LogP contribution in [0.3, 0.4) is 0 Å². The molecule has 40 heavy (non-hydrogen) atoms. The molecule has 2 amide bonds. The lowest BCUT2D eigenvalue weighted by Crippen LogP contribution is -2.52. The van der Waals surface area contributed by atoms with Crippen molar-refractivity contribution in [2.24, 2.45) is 0 Å². The van der Waals surface area contributed by atoms with E-state index in [9.17, 15) is 18.0 Å². The Kier molecular flexibility index (Phi) is 10.9. The quantitative estimate of drug-likeness (QED) is 0.259. The lowest BCUT2D eigenvalue weighted by Gasteiger charge is -2.32. The molecule has 0 aliphatic rings. The van der Waals surface area contributed by atoms with Crippen molar-refractivity contribution in [3.05, 3.63) is 87.9 Å². The van der Waals surface area contributed by atoms with E-state index in [1.165, 1.54) is 28.8 Å². The van der Waals surface area contributed by atoms with Gasteiger partial charge in [0.25, 0.3) is 10.0 Å². The van der Waals surface area contributed by atoms with Crippen LogP contribution in [0.2, 0.25) is 10.0 Å². The van der Waals surface area contributed by atoms with E-state index in [-0.39, 0.29) is 23.4 Å². The van der Waals surface area contributed by atoms with Crippen molar-refractivity contribution in [2.45, 2.75) is 56.1 Å². The van der Waals surface area contributed by atoms with Crippen LogP contribution in [-0.2, 0) is 26.2 Å². The van der Waals surface area contributed by atoms with Gasteiger partial charge in [-0.15, -0.1) is 11.8 Å². The number of anilines is 1. The van der Waals surface area contributed by atoms with Crippen molar-refractivity contribution >= 4 is 62.5 Å². The number of hydrogen-bond acceptors (Lipinski definition) is 5. The van der Waals surface area contributed by atoms with Crippen molar-refractivity contribution in [3.63, 3.8) is 0 Å². The SMILES string of the molecule is CSc1ccc(S(=O)(=O)N(CC(=O)N(Cc2ccc(Cl)c(Cl)c2)[C@@H](C)C(=O)NC(C)C)c2ccc(C)cc2)cc1. The second-order valence-corrected chi connectivity index (χ2v) is 13.2. The summed E-state index contributed by atoms with van der Waals surface area (Å²) in [7, 11) is -4.13. The lowest BCUT2D eigenvalue weighted by atomic mass is 10.1. The topological polar surface area (TPSA) is 86.8 Å². The number of nitrogens with one attached hydrogen (secondary N) is 1. The summed E-state index contributed by atoms with van der Waals surface area (Å²) >= 11 is 13.8. The van der Waals surface area contributed by atoms with Crippen LogP contribution in [0.15, 0.2) is 76.5 Å². The summed E-state index contributed by atoms with van der Waals surface area (Å²) in [5.41, 5.74) is 1.92. The Morgan fingerprint density at radius 3 is 2.10 bits per heavy atom. The third-order valence-electron chi connectivity index (χ3n) is 6.18. The summed E-state index contributed by atoms with van der Waals surface area (Å²) in [4.78, 5) is 29.3. The maximum Gasteiger partial charge on any atom is 0.264 e. The summed E-state index contributed by atoms with van der Waals surface area (Å²) in [5.74, 6) is -0.914. The predicted molar refractivity (Wildman–Crippen MR) is 164 cm³/mol. The van der Waals surface area contributed by atoms with E-state index >= 15 is 0 Å². The molecule has 7 nitrogen and oxygen atoms in total. The monoisotopic (exact) mass is 621 g/mol. The normalized spacial score (nSPS) is 12.2. The van der Waals surface area contributed by atoms with E-state index < -0.39 is 28.5 Å². The standard InChI is InChI=1S/C29H33Cl2N3O4S2/c1-19(2)32-29(36)21(4)33(17-22-8-15-26(30)27(31)16-22)28(35)18-34(23-9-6-20(3)7-10-23)40(37,38)25-13-11-24(39-5)12-14-25/h6-16,19,21H,17-18H2,1-5H3,(H,32,36)/t21-/m0/s1. The van der Waals surface area contributed by atoms with Crippen LogP contribution in [0, 0.1) is 6.92 Å². The molecular weight excluding hydrogens is 589 g/mol. The molecule has 0 saturated carbocycles. The predicted octanol–water partition coefficient (Wildman–Crippen LogP) is 6.16. The molecule has 0 aliphatic heterocycles.